The first-order chi connectivity index (χ1) is 14.2. The summed E-state index contributed by atoms with van der Waals surface area (Å²) >= 11 is 13.6. The van der Waals surface area contributed by atoms with Crippen LogP contribution >= 0.6 is 34.5 Å². The molecule has 1 aromatic heterocycles. The molecule has 3 rings (SSSR count). The van der Waals surface area contributed by atoms with E-state index in [0.29, 0.717) is 24.1 Å². The van der Waals surface area contributed by atoms with Crippen LogP contribution < -0.4 is 0 Å². The third-order valence-corrected chi connectivity index (χ3v) is 6.46. The lowest BCUT2D eigenvalue weighted by Crippen LogP contribution is -2.03. The topological polar surface area (TPSA) is 41.8 Å². The molecule has 0 fully saturated rings. The van der Waals surface area contributed by atoms with E-state index in [1.54, 1.807) is 6.07 Å². The molecule has 0 aliphatic rings. The number of nitrogens with zero attached hydrogens (tertiary/aromatic N) is 1. The van der Waals surface area contributed by atoms with Gasteiger partial charge in [-0.1, -0.05) is 46.6 Å². The highest BCUT2D eigenvalue weighted by Gasteiger charge is 2.30. The van der Waals surface area contributed by atoms with E-state index in [9.17, 15) is 18.3 Å². The molecular formula is C21H16Cl2F3NO2S. The summed E-state index contributed by atoms with van der Waals surface area (Å²) in [7, 11) is 1.44. The van der Waals surface area contributed by atoms with Crippen molar-refractivity contribution < 1.29 is 23.1 Å². The van der Waals surface area contributed by atoms with E-state index in [2.05, 4.69) is 5.16 Å². The number of rotatable bonds is 6. The zero-order chi connectivity index (χ0) is 21.9. The SMILES string of the molecule is CO/N=C(\CCc1ccc(O)c(Cl)c1Cl)c1ccc(-c2ccc(C(F)(F)F)cc2)s1. The smallest absolute Gasteiger partial charge is 0.416 e. The maximum absolute atomic E-state index is 12.8. The van der Waals surface area contributed by atoms with Gasteiger partial charge in [0.2, 0.25) is 0 Å². The van der Waals surface area contributed by atoms with Gasteiger partial charge in [-0.05, 0) is 54.3 Å². The van der Waals surface area contributed by atoms with Crippen molar-refractivity contribution in [1.29, 1.82) is 0 Å². The van der Waals surface area contributed by atoms with Gasteiger partial charge in [0.05, 0.1) is 21.2 Å². The molecule has 3 aromatic rings. The fourth-order valence-corrected chi connectivity index (χ4v) is 4.28. The summed E-state index contributed by atoms with van der Waals surface area (Å²) in [6, 6.07) is 11.9. The second-order valence-electron chi connectivity index (χ2n) is 6.33. The van der Waals surface area contributed by atoms with Gasteiger partial charge in [0, 0.05) is 4.88 Å². The predicted octanol–water partition coefficient (Wildman–Crippen LogP) is 7.43. The highest BCUT2D eigenvalue weighted by atomic mass is 35.5. The Morgan fingerprint density at radius 2 is 1.73 bits per heavy atom. The summed E-state index contributed by atoms with van der Waals surface area (Å²) in [5, 5.41) is 14.1. The largest absolute Gasteiger partial charge is 0.506 e. The van der Waals surface area contributed by atoms with Crippen molar-refractivity contribution in [2.45, 2.75) is 19.0 Å². The first kappa shape index (κ1) is 22.5. The lowest BCUT2D eigenvalue weighted by Gasteiger charge is -2.08. The van der Waals surface area contributed by atoms with E-state index in [1.165, 1.54) is 36.6 Å². The van der Waals surface area contributed by atoms with Gasteiger partial charge in [-0.25, -0.2) is 0 Å². The molecule has 2 aromatic carbocycles. The van der Waals surface area contributed by atoms with Crippen molar-refractivity contribution in [3.05, 3.63) is 74.6 Å². The first-order valence-corrected chi connectivity index (χ1v) is 10.3. The van der Waals surface area contributed by atoms with Crippen LogP contribution in [0.25, 0.3) is 10.4 Å². The van der Waals surface area contributed by atoms with Crippen molar-refractivity contribution in [3.63, 3.8) is 0 Å². The summed E-state index contributed by atoms with van der Waals surface area (Å²) in [5.74, 6) is -0.0874. The summed E-state index contributed by atoms with van der Waals surface area (Å²) in [6.07, 6.45) is -3.37. The average Bonchev–Trinajstić information content (AvgIpc) is 3.20. The Morgan fingerprint density at radius 3 is 2.37 bits per heavy atom. The number of thiophene rings is 1. The molecule has 3 nitrogen and oxygen atoms in total. The first-order valence-electron chi connectivity index (χ1n) is 8.74. The summed E-state index contributed by atoms with van der Waals surface area (Å²) < 4.78 is 38.3. The van der Waals surface area contributed by atoms with Gasteiger partial charge in [0.25, 0.3) is 0 Å². The Morgan fingerprint density at radius 1 is 1.03 bits per heavy atom. The fourth-order valence-electron chi connectivity index (χ4n) is 2.82. The molecule has 0 bridgehead atoms. The molecule has 0 unspecified atom stereocenters. The summed E-state index contributed by atoms with van der Waals surface area (Å²) in [5.41, 5.74) is 1.42. The molecule has 9 heteroatoms. The normalized spacial score (nSPS) is 12.3. The molecule has 0 saturated heterocycles. The van der Waals surface area contributed by atoms with Gasteiger partial charge < -0.3 is 9.94 Å². The van der Waals surface area contributed by atoms with Crippen LogP contribution in [0.15, 0.2) is 53.7 Å². The van der Waals surface area contributed by atoms with E-state index in [0.717, 1.165) is 27.5 Å². The van der Waals surface area contributed by atoms with E-state index < -0.39 is 11.7 Å². The number of phenolic OH excluding ortho intramolecular Hbond substituents is 1. The van der Waals surface area contributed by atoms with Crippen LogP contribution in [0.3, 0.4) is 0 Å². The van der Waals surface area contributed by atoms with Gasteiger partial charge in [-0.2, -0.15) is 13.2 Å². The fraction of sp³-hybridized carbons (Fsp3) is 0.190. The number of oxime groups is 1. The quantitative estimate of drug-likeness (QED) is 0.298. The van der Waals surface area contributed by atoms with Crippen LogP contribution in [0.5, 0.6) is 5.75 Å². The molecule has 1 heterocycles. The van der Waals surface area contributed by atoms with Gasteiger partial charge in [-0.15, -0.1) is 11.3 Å². The molecule has 0 atom stereocenters. The summed E-state index contributed by atoms with van der Waals surface area (Å²) in [6.45, 7) is 0. The minimum absolute atomic E-state index is 0.0874. The molecular weight excluding hydrogens is 458 g/mol. The van der Waals surface area contributed by atoms with Crippen LogP contribution in [0.2, 0.25) is 10.0 Å². The summed E-state index contributed by atoms with van der Waals surface area (Å²) in [4.78, 5) is 6.60. The maximum atomic E-state index is 12.8. The second kappa shape index (κ2) is 9.29. The van der Waals surface area contributed by atoms with Gasteiger partial charge in [-0.3, -0.25) is 0 Å². The third-order valence-electron chi connectivity index (χ3n) is 4.36. The highest BCUT2D eigenvalue weighted by Crippen LogP contribution is 2.36. The molecule has 0 radical (unpaired) electrons. The molecule has 0 saturated carbocycles. The molecule has 0 spiro atoms. The van der Waals surface area contributed by atoms with Crippen molar-refractivity contribution in [2.24, 2.45) is 5.16 Å². The van der Waals surface area contributed by atoms with Crippen molar-refractivity contribution in [3.8, 4) is 16.2 Å². The standard InChI is InChI=1S/C21H16Cl2F3NO2S/c1-29-27-15(8-4-13-5-9-16(28)20(23)19(13)22)18-11-10-17(30-18)12-2-6-14(7-3-12)21(24,25)26/h2-3,5-7,9-11,28H,4,8H2,1H3/b27-15+. The van der Waals surface area contributed by atoms with Crippen LogP contribution in [-0.2, 0) is 17.4 Å². The van der Waals surface area contributed by atoms with Crippen LogP contribution in [0.1, 0.15) is 22.4 Å². The van der Waals surface area contributed by atoms with Crippen LogP contribution in [0, 0.1) is 0 Å². The number of hydrogen-bond acceptors (Lipinski definition) is 4. The molecule has 158 valence electrons. The van der Waals surface area contributed by atoms with E-state index >= 15 is 0 Å². The minimum atomic E-state index is -4.37. The minimum Gasteiger partial charge on any atom is -0.506 e. The average molecular weight is 474 g/mol. The molecule has 0 amide bonds. The van der Waals surface area contributed by atoms with E-state index in [-0.39, 0.29) is 15.8 Å². The van der Waals surface area contributed by atoms with Gasteiger partial charge in [0.15, 0.2) is 0 Å². The Labute approximate surface area is 185 Å². The number of halogens is 5. The monoisotopic (exact) mass is 473 g/mol. The zero-order valence-corrected chi connectivity index (χ0v) is 18.0. The third kappa shape index (κ3) is 5.09. The lowest BCUT2D eigenvalue weighted by atomic mass is 10.1. The maximum Gasteiger partial charge on any atom is 0.416 e. The molecule has 0 aliphatic carbocycles. The molecule has 30 heavy (non-hydrogen) atoms. The van der Waals surface area contributed by atoms with Crippen LogP contribution in [-0.4, -0.2) is 17.9 Å². The lowest BCUT2D eigenvalue weighted by molar-refractivity contribution is -0.137. The zero-order valence-electron chi connectivity index (χ0n) is 15.6. The predicted molar refractivity (Wildman–Crippen MR) is 115 cm³/mol. The molecule has 1 N–H and O–H groups in total. The number of aromatic hydroxyl groups is 1. The Kier molecular flexibility index (Phi) is 6.95. The Balaban J connectivity index is 1.79. The molecule has 0 aliphatic heterocycles. The second-order valence-corrected chi connectivity index (χ2v) is 8.17. The van der Waals surface area contributed by atoms with E-state index in [1.807, 2.05) is 12.1 Å². The van der Waals surface area contributed by atoms with Crippen molar-refractivity contribution in [2.75, 3.05) is 7.11 Å². The number of alkyl halides is 3. The van der Waals surface area contributed by atoms with Gasteiger partial charge >= 0.3 is 6.18 Å². The van der Waals surface area contributed by atoms with Crippen LogP contribution in [0.4, 0.5) is 13.2 Å². The number of benzene rings is 2. The van der Waals surface area contributed by atoms with E-state index in [4.69, 9.17) is 28.0 Å². The van der Waals surface area contributed by atoms with Crippen molar-refractivity contribution in [1.82, 2.24) is 0 Å². The number of hydrogen-bond donors (Lipinski definition) is 1. The Hall–Kier alpha value is -2.22. The van der Waals surface area contributed by atoms with Crippen molar-refractivity contribution >= 4 is 40.3 Å². The number of aryl methyl sites for hydroxylation is 1. The Bertz CT molecular complexity index is 1060. The highest BCUT2D eigenvalue weighted by molar-refractivity contribution is 7.17. The number of phenols is 1. The van der Waals surface area contributed by atoms with Gasteiger partial charge in [0.1, 0.15) is 17.9 Å².